The van der Waals surface area contributed by atoms with Crippen molar-refractivity contribution in [2.24, 2.45) is 17.8 Å². The van der Waals surface area contributed by atoms with Crippen molar-refractivity contribution in [1.29, 1.82) is 0 Å². The van der Waals surface area contributed by atoms with Gasteiger partial charge in [-0.25, -0.2) is 9.37 Å². The van der Waals surface area contributed by atoms with E-state index in [1.54, 1.807) is 37.5 Å². The van der Waals surface area contributed by atoms with Crippen LogP contribution in [0.5, 0.6) is 0 Å². The molecule has 1 aliphatic carbocycles. The van der Waals surface area contributed by atoms with E-state index in [9.17, 15) is 19.1 Å². The molecular weight excluding hydrogens is 437 g/mol. The number of carbonyl (C=O) groups is 2. The highest BCUT2D eigenvalue weighted by molar-refractivity contribution is 6.36. The van der Waals surface area contributed by atoms with Gasteiger partial charge >= 0.3 is 5.97 Å². The Kier molecular flexibility index (Phi) is 6.08. The predicted molar refractivity (Wildman–Crippen MR) is 117 cm³/mol. The molecule has 0 bridgehead atoms. The molecule has 166 valence electrons. The fraction of sp³-hybridized carbons (Fsp3) is 0.304. The number of benzene rings is 1. The standard InChI is InChI=1S/C23H21ClFN3O4/c1-3-32-23(31)19-16(10-29)18(19)22(30)28-17-7-12-6-13(14-8-26-5-4-11(14)2)21(25)20(24)15(12)9-27-17/h4-9,16,18-19,29H,3,10H2,1-2H3,(H,27,28,30)/t16-,18+,19+/m1/s1. The Hall–Kier alpha value is -3.10. The molecule has 0 spiro atoms. The van der Waals surface area contributed by atoms with Crippen molar-refractivity contribution in [3.8, 4) is 11.1 Å². The molecule has 1 aromatic carbocycles. The third kappa shape index (κ3) is 3.91. The first-order chi connectivity index (χ1) is 15.4. The summed E-state index contributed by atoms with van der Waals surface area (Å²) >= 11 is 6.27. The lowest BCUT2D eigenvalue weighted by Gasteiger charge is -2.12. The molecule has 0 radical (unpaired) electrons. The summed E-state index contributed by atoms with van der Waals surface area (Å²) in [6.07, 6.45) is 4.57. The average Bonchev–Trinajstić information content (AvgIpc) is 3.52. The topological polar surface area (TPSA) is 101 Å². The summed E-state index contributed by atoms with van der Waals surface area (Å²) in [5, 5.41) is 13.1. The van der Waals surface area contributed by atoms with Crippen molar-refractivity contribution in [2.45, 2.75) is 13.8 Å². The number of pyridine rings is 2. The van der Waals surface area contributed by atoms with Gasteiger partial charge < -0.3 is 15.2 Å². The molecule has 2 aromatic heterocycles. The van der Waals surface area contributed by atoms with E-state index in [1.165, 1.54) is 6.20 Å². The van der Waals surface area contributed by atoms with Gasteiger partial charge in [0.1, 0.15) is 11.6 Å². The van der Waals surface area contributed by atoms with Crippen molar-refractivity contribution < 1.29 is 23.8 Å². The van der Waals surface area contributed by atoms with E-state index in [0.29, 0.717) is 21.9 Å². The number of hydrogen-bond acceptors (Lipinski definition) is 6. The molecule has 3 aromatic rings. The first-order valence-corrected chi connectivity index (χ1v) is 10.5. The number of aryl methyl sites for hydroxylation is 1. The molecule has 0 aliphatic heterocycles. The summed E-state index contributed by atoms with van der Waals surface area (Å²) in [6.45, 7) is 3.43. The number of aromatic nitrogens is 2. The Morgan fingerprint density at radius 2 is 2.03 bits per heavy atom. The van der Waals surface area contributed by atoms with E-state index in [1.807, 2.05) is 6.92 Å². The van der Waals surface area contributed by atoms with Crippen LogP contribution in [0.1, 0.15) is 12.5 Å². The third-order valence-electron chi connectivity index (χ3n) is 5.72. The number of amides is 1. The monoisotopic (exact) mass is 457 g/mol. The molecule has 3 atom stereocenters. The van der Waals surface area contributed by atoms with Gasteiger partial charge in [0, 0.05) is 47.6 Å². The van der Waals surface area contributed by atoms with Crippen LogP contribution in [-0.2, 0) is 14.3 Å². The summed E-state index contributed by atoms with van der Waals surface area (Å²) in [5.41, 5.74) is 1.74. The molecule has 1 amide bonds. The second-order valence-corrected chi connectivity index (χ2v) is 8.05. The van der Waals surface area contributed by atoms with E-state index in [4.69, 9.17) is 16.3 Å². The number of fused-ring (bicyclic) bond motifs is 1. The third-order valence-corrected chi connectivity index (χ3v) is 6.09. The van der Waals surface area contributed by atoms with Crippen molar-refractivity contribution in [3.05, 3.63) is 53.2 Å². The number of halogens is 2. The Labute approximate surface area is 188 Å². The smallest absolute Gasteiger partial charge is 0.310 e. The quantitative estimate of drug-likeness (QED) is 0.546. The molecule has 1 aliphatic rings. The fourth-order valence-corrected chi connectivity index (χ4v) is 4.23. The highest BCUT2D eigenvalue weighted by Gasteiger charge is 2.59. The molecule has 0 unspecified atom stereocenters. The van der Waals surface area contributed by atoms with Crippen molar-refractivity contribution in [2.75, 3.05) is 18.5 Å². The summed E-state index contributed by atoms with van der Waals surface area (Å²) in [6, 6.07) is 4.99. The van der Waals surface area contributed by atoms with Crippen LogP contribution in [0.2, 0.25) is 5.02 Å². The maximum Gasteiger partial charge on any atom is 0.310 e. The Balaban J connectivity index is 1.64. The number of ether oxygens (including phenoxy) is 1. The summed E-state index contributed by atoms with van der Waals surface area (Å²) in [4.78, 5) is 32.9. The average molecular weight is 458 g/mol. The number of anilines is 1. The highest BCUT2D eigenvalue weighted by Crippen LogP contribution is 2.47. The molecule has 9 heteroatoms. The van der Waals surface area contributed by atoms with Gasteiger partial charge in [0.05, 0.1) is 23.5 Å². The lowest BCUT2D eigenvalue weighted by atomic mass is 9.99. The molecule has 1 fully saturated rings. The number of nitrogens with zero attached hydrogens (tertiary/aromatic N) is 2. The Morgan fingerprint density at radius 1 is 1.25 bits per heavy atom. The first-order valence-electron chi connectivity index (χ1n) is 10.1. The number of carbonyl (C=O) groups excluding carboxylic acids is 2. The van der Waals surface area contributed by atoms with Crippen LogP contribution < -0.4 is 5.32 Å². The SMILES string of the molecule is CCOC(=O)[C@H]1[C@H](CO)[C@@H]1C(=O)Nc1cc2cc(-c3cnccc3C)c(F)c(Cl)c2cn1. The number of rotatable bonds is 6. The Bertz CT molecular complexity index is 1220. The van der Waals surface area contributed by atoms with E-state index >= 15 is 0 Å². The van der Waals surface area contributed by atoms with Crippen LogP contribution in [0.25, 0.3) is 21.9 Å². The van der Waals surface area contributed by atoms with Gasteiger partial charge in [-0.05, 0) is 43.0 Å². The minimum Gasteiger partial charge on any atom is -0.466 e. The molecule has 32 heavy (non-hydrogen) atoms. The molecule has 7 nitrogen and oxygen atoms in total. The lowest BCUT2D eigenvalue weighted by molar-refractivity contribution is -0.146. The summed E-state index contributed by atoms with van der Waals surface area (Å²) in [5.74, 6) is -3.15. The zero-order valence-corrected chi connectivity index (χ0v) is 18.2. The summed E-state index contributed by atoms with van der Waals surface area (Å²) in [7, 11) is 0. The van der Waals surface area contributed by atoms with Crippen molar-refractivity contribution in [1.82, 2.24) is 9.97 Å². The second-order valence-electron chi connectivity index (χ2n) is 7.67. The predicted octanol–water partition coefficient (Wildman–Crippen LogP) is 3.75. The van der Waals surface area contributed by atoms with Gasteiger partial charge in [0.2, 0.25) is 5.91 Å². The maximum atomic E-state index is 15.0. The van der Waals surface area contributed by atoms with E-state index < -0.39 is 35.4 Å². The van der Waals surface area contributed by atoms with Crippen LogP contribution in [0.15, 0.2) is 36.8 Å². The second kappa shape index (κ2) is 8.80. The van der Waals surface area contributed by atoms with Gasteiger partial charge in [-0.15, -0.1) is 0 Å². The molecular formula is C23H21ClFN3O4. The van der Waals surface area contributed by atoms with Gasteiger partial charge in [-0.1, -0.05) is 11.6 Å². The van der Waals surface area contributed by atoms with E-state index in [2.05, 4.69) is 15.3 Å². The molecule has 4 rings (SSSR count). The minimum absolute atomic E-state index is 0.0731. The van der Waals surface area contributed by atoms with Gasteiger partial charge in [-0.2, -0.15) is 0 Å². The van der Waals surface area contributed by atoms with Gasteiger partial charge in [0.15, 0.2) is 0 Å². The van der Waals surface area contributed by atoms with Crippen molar-refractivity contribution in [3.63, 3.8) is 0 Å². The molecule has 0 saturated heterocycles. The van der Waals surface area contributed by atoms with Gasteiger partial charge in [0.25, 0.3) is 0 Å². The Morgan fingerprint density at radius 3 is 2.72 bits per heavy atom. The fourth-order valence-electron chi connectivity index (χ4n) is 3.97. The number of esters is 1. The largest absolute Gasteiger partial charge is 0.466 e. The molecule has 2 heterocycles. The van der Waals surface area contributed by atoms with E-state index in [-0.39, 0.29) is 24.1 Å². The normalized spacial score (nSPS) is 19.6. The molecule has 1 saturated carbocycles. The van der Waals surface area contributed by atoms with Crippen LogP contribution in [0, 0.1) is 30.5 Å². The summed E-state index contributed by atoms with van der Waals surface area (Å²) < 4.78 is 19.9. The van der Waals surface area contributed by atoms with Gasteiger partial charge in [-0.3, -0.25) is 14.6 Å². The molecule has 2 N–H and O–H groups in total. The zero-order valence-electron chi connectivity index (χ0n) is 17.4. The van der Waals surface area contributed by atoms with E-state index in [0.717, 1.165) is 5.56 Å². The first kappa shape index (κ1) is 22.1. The number of nitrogens with one attached hydrogen (secondary N) is 1. The van der Waals surface area contributed by atoms with Crippen LogP contribution in [0.3, 0.4) is 0 Å². The minimum atomic E-state index is -0.693. The van der Waals surface area contributed by atoms with Crippen LogP contribution in [-0.4, -0.2) is 40.2 Å². The lowest BCUT2D eigenvalue weighted by Crippen LogP contribution is -2.18. The van der Waals surface area contributed by atoms with Crippen LogP contribution >= 0.6 is 11.6 Å². The number of aliphatic hydroxyl groups excluding tert-OH is 1. The van der Waals surface area contributed by atoms with Crippen molar-refractivity contribution >= 4 is 40.1 Å². The zero-order chi connectivity index (χ0) is 23.0. The number of hydrogen-bond donors (Lipinski definition) is 2. The van der Waals surface area contributed by atoms with Crippen LogP contribution in [0.4, 0.5) is 10.2 Å². The highest BCUT2D eigenvalue weighted by atomic mass is 35.5. The maximum absolute atomic E-state index is 15.0. The number of aliphatic hydroxyl groups is 1.